The molecule has 1 saturated heterocycles. The number of hydrogen-bond donors (Lipinski definition) is 4. The first-order chi connectivity index (χ1) is 13.1. The highest BCUT2D eigenvalue weighted by Crippen LogP contribution is 2.36. The fraction of sp³-hybridized carbons (Fsp3) is 0.316. The molecule has 2 aromatic carbocycles. The van der Waals surface area contributed by atoms with Crippen LogP contribution in [0.5, 0.6) is 10.9 Å². The smallest absolute Gasteiger partial charge is 0.279 e. The number of fused-ring (bicyclic) bond motifs is 1. The lowest BCUT2D eigenvalue weighted by atomic mass is 9.91. The van der Waals surface area contributed by atoms with E-state index in [0.717, 1.165) is 10.2 Å². The second kappa shape index (κ2) is 7.51. The van der Waals surface area contributed by atoms with Crippen molar-refractivity contribution in [2.24, 2.45) is 0 Å². The normalized spacial score (nSPS) is 28.4. The molecule has 142 valence electrons. The molecule has 27 heavy (non-hydrogen) atoms. The highest BCUT2D eigenvalue weighted by molar-refractivity contribution is 7.20. The van der Waals surface area contributed by atoms with Gasteiger partial charge in [-0.2, -0.15) is 0 Å². The fourth-order valence-electron chi connectivity index (χ4n) is 3.13. The third kappa shape index (κ3) is 3.55. The zero-order valence-electron chi connectivity index (χ0n) is 14.2. The summed E-state index contributed by atoms with van der Waals surface area (Å²) >= 11 is 1.42. The quantitative estimate of drug-likeness (QED) is 0.536. The summed E-state index contributed by atoms with van der Waals surface area (Å²) in [6.07, 6.45) is -6.00. The number of aromatic nitrogens is 1. The Labute approximate surface area is 159 Å². The molecule has 2 heterocycles. The van der Waals surface area contributed by atoms with Crippen LogP contribution in [0.4, 0.5) is 0 Å². The number of rotatable bonds is 4. The first-order valence-electron chi connectivity index (χ1n) is 8.50. The number of nitrogens with zero attached hydrogens (tertiary/aromatic N) is 1. The Balaban J connectivity index is 1.58. The van der Waals surface area contributed by atoms with Crippen LogP contribution in [0.2, 0.25) is 0 Å². The number of thiazole rings is 1. The van der Waals surface area contributed by atoms with Crippen LogP contribution < -0.4 is 4.74 Å². The number of aliphatic hydroxyl groups excluding tert-OH is 4. The lowest BCUT2D eigenvalue weighted by Crippen LogP contribution is -2.55. The Hall–Kier alpha value is -2.07. The van der Waals surface area contributed by atoms with E-state index in [1.54, 1.807) is 24.3 Å². The van der Waals surface area contributed by atoms with E-state index in [1.807, 2.05) is 24.3 Å². The van der Waals surface area contributed by atoms with Crippen molar-refractivity contribution in [1.82, 2.24) is 4.98 Å². The van der Waals surface area contributed by atoms with Gasteiger partial charge in [0.05, 0.1) is 16.8 Å². The van der Waals surface area contributed by atoms with Crippen LogP contribution in [0.25, 0.3) is 10.2 Å². The van der Waals surface area contributed by atoms with Crippen molar-refractivity contribution in [2.45, 2.75) is 30.5 Å². The summed E-state index contributed by atoms with van der Waals surface area (Å²) in [5.41, 5.74) is 1.41. The number of hydrogen-bond acceptors (Lipinski definition) is 8. The molecular weight excluding hydrogens is 370 g/mol. The van der Waals surface area contributed by atoms with E-state index in [2.05, 4.69) is 4.98 Å². The summed E-state index contributed by atoms with van der Waals surface area (Å²) in [6, 6.07) is 14.6. The minimum absolute atomic E-state index is 0.469. The third-order valence-corrected chi connectivity index (χ3v) is 5.47. The number of benzene rings is 2. The Morgan fingerprint density at radius 1 is 1.00 bits per heavy atom. The Morgan fingerprint density at radius 2 is 1.81 bits per heavy atom. The summed E-state index contributed by atoms with van der Waals surface area (Å²) in [6.45, 7) is -0.469. The van der Waals surface area contributed by atoms with E-state index in [-0.39, 0.29) is 0 Å². The van der Waals surface area contributed by atoms with Gasteiger partial charge in [-0.3, -0.25) is 0 Å². The van der Waals surface area contributed by atoms with Crippen LogP contribution >= 0.6 is 11.3 Å². The highest BCUT2D eigenvalue weighted by atomic mass is 32.1. The zero-order valence-corrected chi connectivity index (χ0v) is 15.0. The molecule has 0 radical (unpaired) electrons. The molecule has 8 heteroatoms. The molecule has 4 rings (SSSR count). The van der Waals surface area contributed by atoms with Crippen molar-refractivity contribution in [3.63, 3.8) is 0 Å². The highest BCUT2D eigenvalue weighted by Gasteiger charge is 2.43. The summed E-state index contributed by atoms with van der Waals surface area (Å²) < 4.78 is 12.4. The largest absolute Gasteiger partial charge is 0.431 e. The van der Waals surface area contributed by atoms with Crippen molar-refractivity contribution in [3.8, 4) is 10.9 Å². The van der Waals surface area contributed by atoms with Gasteiger partial charge in [0, 0.05) is 0 Å². The van der Waals surface area contributed by atoms with Gasteiger partial charge in [0.1, 0.15) is 36.3 Å². The minimum atomic E-state index is -1.42. The van der Waals surface area contributed by atoms with E-state index in [9.17, 15) is 20.4 Å². The van der Waals surface area contributed by atoms with Crippen LogP contribution in [-0.4, -0.2) is 56.4 Å². The average Bonchev–Trinajstić information content (AvgIpc) is 3.09. The molecule has 1 aliphatic rings. The Bertz CT molecular complexity index is 896. The topological polar surface area (TPSA) is 112 Å². The van der Waals surface area contributed by atoms with E-state index in [1.165, 1.54) is 11.3 Å². The number of ether oxygens (including phenoxy) is 2. The Morgan fingerprint density at radius 3 is 2.59 bits per heavy atom. The average molecular weight is 389 g/mol. The summed E-state index contributed by atoms with van der Waals surface area (Å²) in [7, 11) is 0. The van der Waals surface area contributed by atoms with E-state index in [4.69, 9.17) is 9.47 Å². The summed E-state index contributed by atoms with van der Waals surface area (Å²) in [5.74, 6) is 0.503. The lowest BCUT2D eigenvalue weighted by molar-refractivity contribution is -0.231. The van der Waals surface area contributed by atoms with E-state index < -0.39 is 37.1 Å². The molecule has 7 nitrogen and oxygen atoms in total. The van der Waals surface area contributed by atoms with Gasteiger partial charge in [0.25, 0.3) is 5.19 Å². The summed E-state index contributed by atoms with van der Waals surface area (Å²) in [4.78, 5) is 4.42. The van der Waals surface area contributed by atoms with E-state index in [0.29, 0.717) is 16.5 Å². The predicted octanol–water partition coefficient (Wildman–Crippen LogP) is 1.60. The molecule has 0 saturated carbocycles. The molecule has 3 aromatic rings. The van der Waals surface area contributed by atoms with Gasteiger partial charge < -0.3 is 29.9 Å². The van der Waals surface area contributed by atoms with Crippen LogP contribution in [0, 0.1) is 0 Å². The molecule has 0 spiro atoms. The number of aliphatic hydroxyl groups is 4. The first-order valence-corrected chi connectivity index (χ1v) is 9.32. The molecule has 1 aliphatic heterocycles. The maximum Gasteiger partial charge on any atom is 0.279 e. The molecule has 5 unspecified atom stereocenters. The van der Waals surface area contributed by atoms with Crippen LogP contribution in [0.1, 0.15) is 11.7 Å². The fourth-order valence-corrected chi connectivity index (χ4v) is 3.96. The first kappa shape index (κ1) is 18.3. The summed E-state index contributed by atoms with van der Waals surface area (Å²) in [5, 5.41) is 40.0. The second-order valence-corrected chi connectivity index (χ2v) is 7.36. The molecule has 5 atom stereocenters. The Kier molecular flexibility index (Phi) is 5.09. The van der Waals surface area contributed by atoms with Crippen molar-refractivity contribution in [1.29, 1.82) is 0 Å². The van der Waals surface area contributed by atoms with Gasteiger partial charge in [-0.15, -0.1) is 0 Å². The minimum Gasteiger partial charge on any atom is -0.431 e. The van der Waals surface area contributed by atoms with Crippen molar-refractivity contribution in [2.75, 3.05) is 6.61 Å². The molecule has 1 fully saturated rings. The maximum absolute atomic E-state index is 10.3. The monoisotopic (exact) mass is 389 g/mol. The maximum atomic E-state index is 10.3. The standard InChI is InChI=1S/C19H19NO6S/c21-9-13-15(22)16(23)17(24)18(26-13)10-4-3-5-11(8-10)25-19-20-12-6-1-2-7-14(12)27-19/h1-8,13,15-18,21-24H,9H2. The zero-order chi connectivity index (χ0) is 19.0. The van der Waals surface area contributed by atoms with Gasteiger partial charge in [-0.05, 0) is 29.8 Å². The molecule has 0 bridgehead atoms. The molecule has 4 N–H and O–H groups in total. The molecular formula is C19H19NO6S. The van der Waals surface area contributed by atoms with Gasteiger partial charge >= 0.3 is 0 Å². The van der Waals surface area contributed by atoms with Crippen LogP contribution in [-0.2, 0) is 4.74 Å². The third-order valence-electron chi connectivity index (χ3n) is 4.56. The SMILES string of the molecule is OCC1OC(c2cccc(Oc3nc4ccccc4s3)c2)C(O)C(O)C1O. The number of para-hydroxylation sites is 1. The lowest BCUT2D eigenvalue weighted by Gasteiger charge is -2.40. The molecule has 0 aliphatic carbocycles. The van der Waals surface area contributed by atoms with Crippen molar-refractivity contribution in [3.05, 3.63) is 54.1 Å². The van der Waals surface area contributed by atoms with Crippen molar-refractivity contribution >= 4 is 21.6 Å². The molecule has 0 amide bonds. The predicted molar refractivity (Wildman–Crippen MR) is 98.9 cm³/mol. The van der Waals surface area contributed by atoms with Gasteiger partial charge in [-0.25, -0.2) is 4.98 Å². The molecule has 1 aromatic heterocycles. The van der Waals surface area contributed by atoms with Crippen LogP contribution in [0.3, 0.4) is 0 Å². The van der Waals surface area contributed by atoms with E-state index >= 15 is 0 Å². The van der Waals surface area contributed by atoms with Gasteiger partial charge in [-0.1, -0.05) is 35.6 Å². The van der Waals surface area contributed by atoms with Crippen molar-refractivity contribution < 1.29 is 29.9 Å². The van der Waals surface area contributed by atoms with Gasteiger partial charge in [0.2, 0.25) is 0 Å². The van der Waals surface area contributed by atoms with Gasteiger partial charge in [0.15, 0.2) is 0 Å². The second-order valence-electron chi connectivity index (χ2n) is 6.37. The van der Waals surface area contributed by atoms with Crippen LogP contribution in [0.15, 0.2) is 48.5 Å².